The van der Waals surface area contributed by atoms with Crippen LogP contribution in [0.3, 0.4) is 0 Å². The Balaban J connectivity index is 1.10. The van der Waals surface area contributed by atoms with Gasteiger partial charge in [-0.2, -0.15) is 0 Å². The maximum atomic E-state index is 2.42. The molecule has 252 valence electrons. The molecule has 0 spiro atoms. The highest BCUT2D eigenvalue weighted by Crippen LogP contribution is 2.46. The van der Waals surface area contributed by atoms with Gasteiger partial charge in [0.1, 0.15) is 0 Å². The molecule has 0 aliphatic heterocycles. The van der Waals surface area contributed by atoms with Gasteiger partial charge in [-0.3, -0.25) is 0 Å². The fourth-order valence-corrected chi connectivity index (χ4v) is 8.67. The van der Waals surface area contributed by atoms with E-state index in [1.807, 2.05) is 0 Å². The van der Waals surface area contributed by atoms with Gasteiger partial charge in [0.05, 0.1) is 16.7 Å². The van der Waals surface area contributed by atoms with E-state index in [2.05, 4.69) is 216 Å². The summed E-state index contributed by atoms with van der Waals surface area (Å²) in [6.45, 7) is 0. The Morgan fingerprint density at radius 2 is 0.889 bits per heavy atom. The lowest BCUT2D eigenvalue weighted by molar-refractivity contribution is 1.18. The van der Waals surface area contributed by atoms with Crippen molar-refractivity contribution in [2.24, 2.45) is 0 Å². The molecule has 0 saturated carbocycles. The monoisotopic (exact) mass is 686 g/mol. The summed E-state index contributed by atoms with van der Waals surface area (Å²) in [5.41, 5.74) is 9.37. The van der Waals surface area contributed by atoms with Gasteiger partial charge >= 0.3 is 0 Å². The molecule has 11 rings (SSSR count). The Kier molecular flexibility index (Phi) is 6.90. The molecule has 0 amide bonds. The maximum Gasteiger partial charge on any atom is 0.0546 e. The Morgan fingerprint density at radius 1 is 0.315 bits per heavy atom. The Morgan fingerprint density at radius 3 is 1.69 bits per heavy atom. The van der Waals surface area contributed by atoms with Crippen LogP contribution in [0.2, 0.25) is 0 Å². The van der Waals surface area contributed by atoms with Gasteiger partial charge in [0.15, 0.2) is 0 Å². The third-order valence-corrected chi connectivity index (χ3v) is 11.1. The number of fused-ring (bicyclic) bond motifs is 10. The minimum absolute atomic E-state index is 1.11. The van der Waals surface area contributed by atoms with Crippen LogP contribution in [-0.2, 0) is 0 Å². The van der Waals surface area contributed by atoms with Crippen molar-refractivity contribution in [1.82, 2.24) is 4.57 Å². The van der Waals surface area contributed by atoms with Crippen molar-refractivity contribution in [3.63, 3.8) is 0 Å². The third kappa shape index (κ3) is 4.74. The predicted molar refractivity (Wildman–Crippen MR) is 231 cm³/mol. The fraction of sp³-hybridized carbons (Fsp3) is 0. The summed E-state index contributed by atoms with van der Waals surface area (Å²) >= 11 is 0. The summed E-state index contributed by atoms with van der Waals surface area (Å²) in [6, 6.07) is 75.2. The molecule has 1 heterocycles. The molecule has 0 aliphatic rings. The number of aromatic nitrogens is 1. The van der Waals surface area contributed by atoms with Crippen molar-refractivity contribution in [1.29, 1.82) is 0 Å². The highest BCUT2D eigenvalue weighted by Gasteiger charge is 2.20. The highest BCUT2D eigenvalue weighted by molar-refractivity contribution is 6.30. The zero-order valence-electron chi connectivity index (χ0n) is 29.5. The van der Waals surface area contributed by atoms with Gasteiger partial charge in [0.2, 0.25) is 0 Å². The number of hydrogen-bond donors (Lipinski definition) is 0. The molecule has 0 aliphatic carbocycles. The van der Waals surface area contributed by atoms with Crippen LogP contribution in [0.15, 0.2) is 206 Å². The number of rotatable bonds is 5. The van der Waals surface area contributed by atoms with Crippen LogP contribution in [0, 0.1) is 0 Å². The van der Waals surface area contributed by atoms with E-state index in [0.717, 1.165) is 17.1 Å². The second-order valence-electron chi connectivity index (χ2n) is 14.1. The molecule has 0 radical (unpaired) electrons. The van der Waals surface area contributed by atoms with Gasteiger partial charge in [-0.05, 0) is 104 Å². The van der Waals surface area contributed by atoms with Gasteiger partial charge in [-0.15, -0.1) is 0 Å². The van der Waals surface area contributed by atoms with Crippen molar-refractivity contribution in [3.8, 4) is 16.8 Å². The van der Waals surface area contributed by atoms with Crippen LogP contribution < -0.4 is 4.90 Å². The number of nitrogens with zero attached hydrogens (tertiary/aromatic N) is 2. The van der Waals surface area contributed by atoms with Crippen molar-refractivity contribution < 1.29 is 0 Å². The lowest BCUT2D eigenvalue weighted by Crippen LogP contribution is -2.10. The van der Waals surface area contributed by atoms with Gasteiger partial charge < -0.3 is 9.47 Å². The summed E-state index contributed by atoms with van der Waals surface area (Å²) in [7, 11) is 0. The zero-order valence-corrected chi connectivity index (χ0v) is 29.5. The number of hydrogen-bond acceptors (Lipinski definition) is 1. The Bertz CT molecular complexity index is 3200. The van der Waals surface area contributed by atoms with E-state index in [9.17, 15) is 0 Å². The van der Waals surface area contributed by atoms with E-state index in [1.54, 1.807) is 0 Å². The molecule has 2 nitrogen and oxygen atoms in total. The molecule has 0 unspecified atom stereocenters. The molecule has 2 heteroatoms. The molecule has 0 N–H and O–H groups in total. The van der Waals surface area contributed by atoms with Gasteiger partial charge in [-0.1, -0.05) is 146 Å². The predicted octanol–water partition coefficient (Wildman–Crippen LogP) is 14.5. The minimum atomic E-state index is 1.11. The van der Waals surface area contributed by atoms with Crippen LogP contribution in [-0.4, -0.2) is 4.57 Å². The second kappa shape index (κ2) is 12.2. The quantitative estimate of drug-likeness (QED) is 0.164. The van der Waals surface area contributed by atoms with Crippen LogP contribution in [0.5, 0.6) is 0 Å². The zero-order chi connectivity index (χ0) is 35.6. The largest absolute Gasteiger partial charge is 0.310 e. The summed E-state index contributed by atoms with van der Waals surface area (Å²) in [6.07, 6.45) is 0. The summed E-state index contributed by atoms with van der Waals surface area (Å²) < 4.78 is 2.37. The second-order valence-corrected chi connectivity index (χ2v) is 14.1. The number of anilines is 3. The third-order valence-electron chi connectivity index (χ3n) is 11.1. The molecular formula is C52H34N2. The van der Waals surface area contributed by atoms with E-state index in [4.69, 9.17) is 0 Å². The fourth-order valence-electron chi connectivity index (χ4n) is 8.67. The van der Waals surface area contributed by atoms with Crippen LogP contribution in [0.4, 0.5) is 17.1 Å². The molecular weight excluding hydrogens is 653 g/mol. The summed E-state index contributed by atoms with van der Waals surface area (Å²) in [5.74, 6) is 0. The van der Waals surface area contributed by atoms with E-state index >= 15 is 0 Å². The lowest BCUT2D eigenvalue weighted by Gasteiger charge is -2.28. The van der Waals surface area contributed by atoms with Crippen LogP contribution in [0.1, 0.15) is 0 Å². The summed E-state index contributed by atoms with van der Waals surface area (Å²) in [4.78, 5) is 2.42. The number of para-hydroxylation sites is 3. The molecule has 0 bridgehead atoms. The van der Waals surface area contributed by atoms with E-state index in [0.29, 0.717) is 0 Å². The van der Waals surface area contributed by atoms with Crippen LogP contribution in [0.25, 0.3) is 81.7 Å². The molecule has 11 aromatic rings. The Labute approximate surface area is 313 Å². The van der Waals surface area contributed by atoms with Crippen molar-refractivity contribution in [3.05, 3.63) is 206 Å². The average molecular weight is 687 g/mol. The average Bonchev–Trinajstić information content (AvgIpc) is 3.58. The normalized spacial score (nSPS) is 11.7. The van der Waals surface area contributed by atoms with Gasteiger partial charge in [-0.25, -0.2) is 0 Å². The Hall–Kier alpha value is -7.16. The SMILES string of the molecule is c1ccc(N(c2ccc(-c3ccc4c(c3)c3ccccc3n4-c3ccccc3)cc2)c2cc3ccccc3c3c2ccc2ccc4ccccc4c23)cc1. The van der Waals surface area contributed by atoms with Crippen molar-refractivity contribution in [2.75, 3.05) is 4.90 Å². The van der Waals surface area contributed by atoms with E-state index in [1.165, 1.54) is 81.7 Å². The topological polar surface area (TPSA) is 8.17 Å². The molecule has 0 fully saturated rings. The maximum absolute atomic E-state index is 2.42. The highest BCUT2D eigenvalue weighted by atomic mass is 15.1. The van der Waals surface area contributed by atoms with E-state index < -0.39 is 0 Å². The first-order valence-corrected chi connectivity index (χ1v) is 18.6. The van der Waals surface area contributed by atoms with Crippen molar-refractivity contribution in [2.45, 2.75) is 0 Å². The van der Waals surface area contributed by atoms with E-state index in [-0.39, 0.29) is 0 Å². The first-order valence-electron chi connectivity index (χ1n) is 18.6. The molecule has 10 aromatic carbocycles. The van der Waals surface area contributed by atoms with Gasteiger partial charge in [0.25, 0.3) is 0 Å². The molecule has 0 atom stereocenters. The van der Waals surface area contributed by atoms with Crippen molar-refractivity contribution >= 4 is 82.0 Å². The molecule has 1 aromatic heterocycles. The standard InChI is InChI=1S/C52H34N2/c1-3-15-40(16-4-1)53(50-34-39-14-8-10-20-44(39)52-46(50)31-27-37-24-23-36-13-7-9-19-43(36)51(37)52)42-29-25-35(26-30-42)38-28-32-49-47(33-38)45-21-11-12-22-48(45)54(49)41-17-5-2-6-18-41/h1-34H. The first-order chi connectivity index (χ1) is 26.8. The van der Waals surface area contributed by atoms with Gasteiger partial charge in [0, 0.05) is 38.6 Å². The molecule has 54 heavy (non-hydrogen) atoms. The lowest BCUT2D eigenvalue weighted by atomic mass is 9.91. The van der Waals surface area contributed by atoms with Crippen LogP contribution >= 0.6 is 0 Å². The molecule has 0 saturated heterocycles. The first kappa shape index (κ1) is 30.5. The summed E-state index contributed by atoms with van der Waals surface area (Å²) in [5, 5.41) is 12.6. The number of benzene rings is 10. The minimum Gasteiger partial charge on any atom is -0.310 e. The smallest absolute Gasteiger partial charge is 0.0546 e.